The lowest BCUT2D eigenvalue weighted by Gasteiger charge is -2.17. The molecule has 3 heteroatoms. The van der Waals surface area contributed by atoms with Crippen molar-refractivity contribution < 1.29 is 14.6 Å². The second-order valence-corrected chi connectivity index (χ2v) is 4.97. The molecule has 0 saturated heterocycles. The van der Waals surface area contributed by atoms with Gasteiger partial charge in [0.2, 0.25) is 0 Å². The number of rotatable bonds is 7. The molecule has 2 rings (SSSR count). The van der Waals surface area contributed by atoms with Gasteiger partial charge in [-0.2, -0.15) is 0 Å². The molecule has 21 heavy (non-hydrogen) atoms. The van der Waals surface area contributed by atoms with E-state index in [1.54, 1.807) is 7.11 Å². The van der Waals surface area contributed by atoms with Crippen molar-refractivity contribution in [1.29, 1.82) is 0 Å². The molecule has 0 amide bonds. The number of methoxy groups -OCH3 is 1. The van der Waals surface area contributed by atoms with Gasteiger partial charge in [0.15, 0.2) is 0 Å². The molecule has 1 N–H and O–H groups in total. The van der Waals surface area contributed by atoms with Crippen LogP contribution in [0.3, 0.4) is 0 Å². The lowest BCUT2D eigenvalue weighted by atomic mass is 9.99. The van der Waals surface area contributed by atoms with Crippen LogP contribution in [0.15, 0.2) is 48.5 Å². The van der Waals surface area contributed by atoms with Crippen molar-refractivity contribution in [2.75, 3.05) is 13.7 Å². The topological polar surface area (TPSA) is 38.7 Å². The minimum atomic E-state index is -0.699. The molecule has 3 nitrogen and oxygen atoms in total. The molecule has 1 atom stereocenters. The molecular formula is C18H22O3. The first-order valence-corrected chi connectivity index (χ1v) is 7.23. The predicted molar refractivity (Wildman–Crippen MR) is 83.4 cm³/mol. The average Bonchev–Trinajstić information content (AvgIpc) is 2.53. The van der Waals surface area contributed by atoms with Gasteiger partial charge in [0.05, 0.1) is 13.2 Å². The Bertz CT molecular complexity index is 566. The summed E-state index contributed by atoms with van der Waals surface area (Å²) in [5.74, 6) is 0.740. The number of aliphatic hydroxyl groups is 1. The molecule has 0 radical (unpaired) electrons. The molecule has 0 saturated carbocycles. The fourth-order valence-corrected chi connectivity index (χ4v) is 2.25. The van der Waals surface area contributed by atoms with Crippen LogP contribution in [0.25, 0.3) is 0 Å². The molecule has 0 spiro atoms. The molecule has 0 heterocycles. The summed E-state index contributed by atoms with van der Waals surface area (Å²) in [5.41, 5.74) is 2.68. The summed E-state index contributed by atoms with van der Waals surface area (Å²) < 4.78 is 10.9. The molecule has 112 valence electrons. The van der Waals surface area contributed by atoms with Crippen molar-refractivity contribution in [2.45, 2.75) is 26.1 Å². The number of hydrogen-bond acceptors (Lipinski definition) is 3. The molecule has 0 aliphatic rings. The van der Waals surface area contributed by atoms with E-state index in [1.165, 1.54) is 0 Å². The molecule has 0 fully saturated rings. The van der Waals surface area contributed by atoms with Gasteiger partial charge in [-0.15, -0.1) is 0 Å². The largest absolute Gasteiger partial charge is 0.493 e. The van der Waals surface area contributed by atoms with E-state index in [9.17, 15) is 5.11 Å². The molecule has 0 aliphatic heterocycles. The summed E-state index contributed by atoms with van der Waals surface area (Å²) in [5, 5.41) is 10.6. The second-order valence-electron chi connectivity index (χ2n) is 4.97. The number of hydrogen-bond donors (Lipinski definition) is 1. The summed E-state index contributed by atoms with van der Waals surface area (Å²) in [6.45, 7) is 3.25. The van der Waals surface area contributed by atoms with Gasteiger partial charge in [-0.1, -0.05) is 49.4 Å². The van der Waals surface area contributed by atoms with Crippen molar-refractivity contribution in [3.8, 4) is 5.75 Å². The summed E-state index contributed by atoms with van der Waals surface area (Å²) in [6.07, 6.45) is 0.239. The Kier molecular flexibility index (Phi) is 5.78. The Morgan fingerprint density at radius 1 is 1.10 bits per heavy atom. The Labute approximate surface area is 126 Å². The van der Waals surface area contributed by atoms with E-state index in [1.807, 2.05) is 48.5 Å². The highest BCUT2D eigenvalue weighted by Crippen LogP contribution is 2.30. The first kappa shape index (κ1) is 15.5. The third-order valence-corrected chi connectivity index (χ3v) is 3.25. The van der Waals surface area contributed by atoms with E-state index in [0.29, 0.717) is 13.2 Å². The van der Waals surface area contributed by atoms with Gasteiger partial charge in [0.1, 0.15) is 11.9 Å². The van der Waals surface area contributed by atoms with Crippen molar-refractivity contribution in [1.82, 2.24) is 0 Å². The summed E-state index contributed by atoms with van der Waals surface area (Å²) in [7, 11) is 1.66. The van der Waals surface area contributed by atoms with Gasteiger partial charge < -0.3 is 14.6 Å². The fourth-order valence-electron chi connectivity index (χ4n) is 2.25. The number of aliphatic hydroxyl groups excluding tert-OH is 1. The first-order valence-electron chi connectivity index (χ1n) is 7.23. The number of para-hydroxylation sites is 1. The van der Waals surface area contributed by atoms with E-state index in [4.69, 9.17) is 9.47 Å². The van der Waals surface area contributed by atoms with E-state index < -0.39 is 6.10 Å². The van der Waals surface area contributed by atoms with E-state index >= 15 is 0 Å². The quantitative estimate of drug-likeness (QED) is 0.843. The van der Waals surface area contributed by atoms with Crippen LogP contribution in [0.1, 0.15) is 36.1 Å². The van der Waals surface area contributed by atoms with Crippen LogP contribution in [-0.2, 0) is 11.3 Å². The van der Waals surface area contributed by atoms with Crippen molar-refractivity contribution in [3.05, 3.63) is 65.2 Å². The number of ether oxygens (including phenoxy) is 2. The van der Waals surface area contributed by atoms with Crippen LogP contribution < -0.4 is 4.74 Å². The third kappa shape index (κ3) is 4.06. The molecule has 2 aromatic carbocycles. The summed E-state index contributed by atoms with van der Waals surface area (Å²) in [6, 6.07) is 15.4. The zero-order chi connectivity index (χ0) is 15.1. The third-order valence-electron chi connectivity index (χ3n) is 3.25. The maximum atomic E-state index is 10.6. The van der Waals surface area contributed by atoms with Crippen molar-refractivity contribution in [3.63, 3.8) is 0 Å². The Morgan fingerprint density at radius 3 is 2.67 bits per heavy atom. The van der Waals surface area contributed by atoms with Gasteiger partial charge in [-0.05, 0) is 23.6 Å². The van der Waals surface area contributed by atoms with Crippen LogP contribution in [0.5, 0.6) is 5.75 Å². The molecule has 2 aromatic rings. The van der Waals surface area contributed by atoms with Crippen molar-refractivity contribution in [2.24, 2.45) is 0 Å². The smallest absolute Gasteiger partial charge is 0.125 e. The lowest BCUT2D eigenvalue weighted by molar-refractivity contribution is 0.184. The van der Waals surface area contributed by atoms with E-state index in [2.05, 4.69) is 6.92 Å². The van der Waals surface area contributed by atoms with Gasteiger partial charge in [-0.25, -0.2) is 0 Å². The predicted octanol–water partition coefficient (Wildman–Crippen LogP) is 3.70. The van der Waals surface area contributed by atoms with Crippen LogP contribution >= 0.6 is 0 Å². The highest BCUT2D eigenvalue weighted by atomic mass is 16.5. The van der Waals surface area contributed by atoms with Gasteiger partial charge in [0.25, 0.3) is 0 Å². The lowest BCUT2D eigenvalue weighted by Crippen LogP contribution is -2.05. The van der Waals surface area contributed by atoms with Gasteiger partial charge in [0, 0.05) is 12.7 Å². The fraction of sp³-hybridized carbons (Fsp3) is 0.333. The van der Waals surface area contributed by atoms with Gasteiger partial charge in [-0.3, -0.25) is 0 Å². The highest BCUT2D eigenvalue weighted by Gasteiger charge is 2.15. The zero-order valence-electron chi connectivity index (χ0n) is 12.6. The van der Waals surface area contributed by atoms with Crippen LogP contribution in [0.4, 0.5) is 0 Å². The number of benzene rings is 2. The monoisotopic (exact) mass is 286 g/mol. The van der Waals surface area contributed by atoms with Crippen LogP contribution in [0.2, 0.25) is 0 Å². The zero-order valence-corrected chi connectivity index (χ0v) is 12.6. The standard InChI is InChI=1S/C18H22O3/c1-3-11-21-17-10-5-4-9-16(17)18(19)15-8-6-7-14(12-15)13-20-2/h4-10,12,18-19H,3,11,13H2,1-2H3. The van der Waals surface area contributed by atoms with Crippen molar-refractivity contribution >= 4 is 0 Å². The van der Waals surface area contributed by atoms with Gasteiger partial charge >= 0.3 is 0 Å². The Morgan fingerprint density at radius 2 is 1.90 bits per heavy atom. The molecular weight excluding hydrogens is 264 g/mol. The van der Waals surface area contributed by atoms with Crippen LogP contribution in [0, 0.1) is 0 Å². The van der Waals surface area contributed by atoms with E-state index in [-0.39, 0.29) is 0 Å². The highest BCUT2D eigenvalue weighted by molar-refractivity contribution is 5.41. The van der Waals surface area contributed by atoms with E-state index in [0.717, 1.165) is 28.9 Å². The first-order chi connectivity index (χ1) is 10.3. The SMILES string of the molecule is CCCOc1ccccc1C(O)c1cccc(COC)c1. The minimum absolute atomic E-state index is 0.536. The minimum Gasteiger partial charge on any atom is -0.493 e. The molecule has 0 aliphatic carbocycles. The second kappa shape index (κ2) is 7.81. The average molecular weight is 286 g/mol. The summed E-state index contributed by atoms with van der Waals surface area (Å²) >= 11 is 0. The van der Waals surface area contributed by atoms with Crippen LogP contribution in [-0.4, -0.2) is 18.8 Å². The Hall–Kier alpha value is -1.84. The Balaban J connectivity index is 2.26. The summed E-state index contributed by atoms with van der Waals surface area (Å²) in [4.78, 5) is 0. The molecule has 0 aromatic heterocycles. The molecule has 1 unspecified atom stereocenters. The maximum Gasteiger partial charge on any atom is 0.125 e. The molecule has 0 bridgehead atoms. The maximum absolute atomic E-state index is 10.6. The normalized spacial score (nSPS) is 12.1.